The normalized spacial score (nSPS) is 11.3. The Balaban J connectivity index is 2.89. The summed E-state index contributed by atoms with van der Waals surface area (Å²) in [6.07, 6.45) is 0. The third kappa shape index (κ3) is 2.76. The van der Waals surface area contributed by atoms with Crippen molar-refractivity contribution in [1.29, 1.82) is 0 Å². The smallest absolute Gasteiger partial charge is 0.231 e. The van der Waals surface area contributed by atoms with Crippen molar-refractivity contribution in [3.8, 4) is 0 Å². The van der Waals surface area contributed by atoms with Crippen LogP contribution in [0.25, 0.3) is 0 Å². The van der Waals surface area contributed by atoms with Crippen LogP contribution >= 0.6 is 0 Å². The lowest BCUT2D eigenvalue weighted by atomic mass is 9.92. The Morgan fingerprint density at radius 1 is 1.44 bits per heavy atom. The summed E-state index contributed by atoms with van der Waals surface area (Å²) in [6, 6.07) is 2.87. The van der Waals surface area contributed by atoms with Gasteiger partial charge in [0.15, 0.2) is 0 Å². The van der Waals surface area contributed by atoms with Gasteiger partial charge in [0.05, 0.1) is 11.1 Å². The van der Waals surface area contributed by atoms with E-state index in [9.17, 15) is 13.6 Å². The van der Waals surface area contributed by atoms with E-state index in [1.165, 1.54) is 0 Å². The fourth-order valence-corrected chi connectivity index (χ4v) is 0.977. The Morgan fingerprint density at radius 2 is 2.06 bits per heavy atom. The highest BCUT2D eigenvalue weighted by atomic mass is 19.1. The summed E-state index contributed by atoms with van der Waals surface area (Å²) in [5.74, 6) is -1.73. The zero-order valence-electron chi connectivity index (χ0n) is 9.18. The summed E-state index contributed by atoms with van der Waals surface area (Å²) in [7, 11) is 0. The molecular weight excluding hydrogens is 214 g/mol. The predicted molar refractivity (Wildman–Crippen MR) is 57.8 cm³/mol. The van der Waals surface area contributed by atoms with Crippen molar-refractivity contribution >= 4 is 11.6 Å². The van der Waals surface area contributed by atoms with Crippen LogP contribution in [-0.2, 0) is 4.79 Å². The van der Waals surface area contributed by atoms with E-state index in [4.69, 9.17) is 5.73 Å². The van der Waals surface area contributed by atoms with Crippen LogP contribution < -0.4 is 11.1 Å². The van der Waals surface area contributed by atoms with Crippen molar-refractivity contribution in [1.82, 2.24) is 0 Å². The molecule has 0 aliphatic heterocycles. The maximum absolute atomic E-state index is 13.2. The number of amides is 1. The number of hydrogen-bond acceptors (Lipinski definition) is 2. The molecule has 5 heteroatoms. The molecule has 0 fully saturated rings. The molecule has 0 heterocycles. The molecule has 88 valence electrons. The predicted octanol–water partition coefficient (Wildman–Crippen LogP) is 1.89. The lowest BCUT2D eigenvalue weighted by Crippen LogP contribution is -2.37. The average molecular weight is 228 g/mol. The zero-order valence-corrected chi connectivity index (χ0v) is 9.18. The van der Waals surface area contributed by atoms with E-state index in [-0.39, 0.29) is 12.2 Å². The summed E-state index contributed by atoms with van der Waals surface area (Å²) in [6.45, 7) is 3.37. The number of hydrogen-bond donors (Lipinski definition) is 2. The number of halogens is 2. The van der Waals surface area contributed by atoms with Crippen LogP contribution in [0.3, 0.4) is 0 Å². The third-order valence-electron chi connectivity index (χ3n) is 2.30. The van der Waals surface area contributed by atoms with Crippen LogP contribution in [0.1, 0.15) is 13.8 Å². The van der Waals surface area contributed by atoms with Crippen LogP contribution in [0.4, 0.5) is 14.5 Å². The van der Waals surface area contributed by atoms with Gasteiger partial charge in [-0.25, -0.2) is 8.78 Å². The molecule has 1 aromatic rings. The minimum atomic E-state index is -0.821. The minimum Gasteiger partial charge on any atom is -0.329 e. The van der Waals surface area contributed by atoms with Gasteiger partial charge < -0.3 is 11.1 Å². The fraction of sp³-hybridized carbons (Fsp3) is 0.364. The van der Waals surface area contributed by atoms with Gasteiger partial charge in [0.2, 0.25) is 5.91 Å². The maximum atomic E-state index is 13.2. The SMILES string of the molecule is CC(C)(CN)C(=O)Nc1cc(F)ccc1F. The average Bonchev–Trinajstić information content (AvgIpc) is 2.23. The first-order valence-electron chi connectivity index (χ1n) is 4.83. The van der Waals surface area contributed by atoms with Gasteiger partial charge >= 0.3 is 0 Å². The molecule has 0 spiro atoms. The summed E-state index contributed by atoms with van der Waals surface area (Å²) < 4.78 is 26.0. The quantitative estimate of drug-likeness (QED) is 0.830. The van der Waals surface area contributed by atoms with Gasteiger partial charge in [-0.15, -0.1) is 0 Å². The van der Waals surface area contributed by atoms with Crippen LogP contribution in [0.15, 0.2) is 18.2 Å². The highest BCUT2D eigenvalue weighted by Gasteiger charge is 2.26. The van der Waals surface area contributed by atoms with E-state index in [1.54, 1.807) is 13.8 Å². The molecule has 1 rings (SSSR count). The molecule has 0 aliphatic rings. The lowest BCUT2D eigenvalue weighted by molar-refractivity contribution is -0.123. The monoisotopic (exact) mass is 228 g/mol. The molecule has 0 atom stereocenters. The number of benzene rings is 1. The molecule has 1 amide bonds. The Hall–Kier alpha value is -1.49. The largest absolute Gasteiger partial charge is 0.329 e. The van der Waals surface area contributed by atoms with Gasteiger partial charge in [0, 0.05) is 12.6 Å². The standard InChI is InChI=1S/C11H14F2N2O/c1-11(2,6-14)10(16)15-9-5-7(12)3-4-8(9)13/h3-5H,6,14H2,1-2H3,(H,15,16). The van der Waals surface area contributed by atoms with E-state index in [1.807, 2.05) is 0 Å². The summed E-state index contributed by atoms with van der Waals surface area (Å²) in [5, 5.41) is 2.31. The molecule has 0 saturated carbocycles. The summed E-state index contributed by atoms with van der Waals surface area (Å²) in [5.41, 5.74) is 4.40. The van der Waals surface area contributed by atoms with Crippen LogP contribution in [0, 0.1) is 17.0 Å². The van der Waals surface area contributed by atoms with E-state index in [0.717, 1.165) is 18.2 Å². The highest BCUT2D eigenvalue weighted by Crippen LogP contribution is 2.20. The second kappa shape index (κ2) is 4.57. The Morgan fingerprint density at radius 3 is 2.62 bits per heavy atom. The molecule has 0 saturated heterocycles. The number of nitrogens with two attached hydrogens (primary N) is 1. The van der Waals surface area contributed by atoms with Crippen LogP contribution in [0.5, 0.6) is 0 Å². The Kier molecular flexibility index (Phi) is 3.59. The Labute approximate surface area is 92.6 Å². The van der Waals surface area contributed by atoms with Crippen LogP contribution in [-0.4, -0.2) is 12.5 Å². The molecular formula is C11H14F2N2O. The molecule has 16 heavy (non-hydrogen) atoms. The number of anilines is 1. The first-order chi connectivity index (χ1) is 7.36. The van der Waals surface area contributed by atoms with Crippen molar-refractivity contribution < 1.29 is 13.6 Å². The molecule has 0 radical (unpaired) electrons. The third-order valence-corrected chi connectivity index (χ3v) is 2.30. The fourth-order valence-electron chi connectivity index (χ4n) is 0.977. The van der Waals surface area contributed by atoms with Crippen molar-refractivity contribution in [2.24, 2.45) is 11.1 Å². The van der Waals surface area contributed by atoms with Crippen LogP contribution in [0.2, 0.25) is 0 Å². The molecule has 0 aliphatic carbocycles. The van der Waals surface area contributed by atoms with Crippen molar-refractivity contribution in [2.75, 3.05) is 11.9 Å². The first kappa shape index (κ1) is 12.6. The van der Waals surface area contributed by atoms with Gasteiger partial charge in [-0.05, 0) is 26.0 Å². The second-order valence-electron chi connectivity index (χ2n) is 4.17. The highest BCUT2D eigenvalue weighted by molar-refractivity contribution is 5.95. The number of nitrogens with one attached hydrogen (secondary N) is 1. The van der Waals surface area contributed by atoms with Gasteiger partial charge in [-0.2, -0.15) is 0 Å². The maximum Gasteiger partial charge on any atom is 0.231 e. The summed E-state index contributed by atoms with van der Waals surface area (Å²) in [4.78, 5) is 11.6. The molecule has 3 nitrogen and oxygen atoms in total. The zero-order chi connectivity index (χ0) is 12.3. The molecule has 3 N–H and O–H groups in total. The van der Waals surface area contributed by atoms with E-state index in [0.29, 0.717) is 0 Å². The van der Waals surface area contributed by atoms with E-state index in [2.05, 4.69) is 5.32 Å². The van der Waals surface area contributed by atoms with Gasteiger partial charge in [0.25, 0.3) is 0 Å². The molecule has 0 bridgehead atoms. The second-order valence-corrected chi connectivity index (χ2v) is 4.17. The number of carbonyl (C=O) groups is 1. The van der Waals surface area contributed by atoms with Gasteiger partial charge in [0.1, 0.15) is 11.6 Å². The first-order valence-corrected chi connectivity index (χ1v) is 4.83. The van der Waals surface area contributed by atoms with E-state index < -0.39 is 23.0 Å². The number of carbonyl (C=O) groups excluding carboxylic acids is 1. The lowest BCUT2D eigenvalue weighted by Gasteiger charge is -2.21. The van der Waals surface area contributed by atoms with Crippen molar-refractivity contribution in [2.45, 2.75) is 13.8 Å². The number of rotatable bonds is 3. The summed E-state index contributed by atoms with van der Waals surface area (Å²) >= 11 is 0. The van der Waals surface area contributed by atoms with Gasteiger partial charge in [-0.3, -0.25) is 4.79 Å². The van der Waals surface area contributed by atoms with Gasteiger partial charge in [-0.1, -0.05) is 0 Å². The van der Waals surface area contributed by atoms with Crippen molar-refractivity contribution in [3.63, 3.8) is 0 Å². The Bertz CT molecular complexity index is 405. The van der Waals surface area contributed by atoms with E-state index >= 15 is 0 Å². The molecule has 1 aromatic carbocycles. The topological polar surface area (TPSA) is 55.1 Å². The minimum absolute atomic E-state index is 0.121. The molecule has 0 unspecified atom stereocenters. The van der Waals surface area contributed by atoms with Crippen molar-refractivity contribution in [3.05, 3.63) is 29.8 Å². The molecule has 0 aromatic heterocycles.